The van der Waals surface area contributed by atoms with E-state index in [1.165, 1.54) is 26.4 Å². The molecule has 1 saturated heterocycles. The maximum atomic E-state index is 14.1. The van der Waals surface area contributed by atoms with E-state index in [-0.39, 0.29) is 35.1 Å². The van der Waals surface area contributed by atoms with Crippen molar-refractivity contribution in [1.29, 1.82) is 0 Å². The van der Waals surface area contributed by atoms with Gasteiger partial charge >= 0.3 is 5.97 Å². The molecule has 2 aliphatic rings. The average Bonchev–Trinajstić information content (AvgIpc) is 3.43. The van der Waals surface area contributed by atoms with Crippen LogP contribution in [-0.2, 0) is 23.9 Å². The molecule has 1 aliphatic heterocycles. The SMILES string of the molecule is CN[C@H](C(=O)N[C@H](C(=O)N(C)[C@H](/C=C(\C)C(=O)N1CCC[C@@H]1C(=O)OC)C(C)C)C(C)(C)C)C(C)(C)C1CCCCC1. The van der Waals surface area contributed by atoms with Crippen molar-refractivity contribution in [2.75, 3.05) is 27.7 Å². The summed E-state index contributed by atoms with van der Waals surface area (Å²) in [5.41, 5.74) is -0.340. The molecular formula is C33H58N4O5. The molecule has 2 rings (SSSR count). The molecule has 9 heteroatoms. The molecule has 1 heterocycles. The maximum Gasteiger partial charge on any atom is 0.328 e. The number of hydrogen-bond donors (Lipinski definition) is 2. The number of likely N-dealkylation sites (tertiary alicyclic amines) is 1. The van der Waals surface area contributed by atoms with Gasteiger partial charge in [0.1, 0.15) is 12.1 Å². The lowest BCUT2D eigenvalue weighted by Crippen LogP contribution is -2.61. The molecule has 240 valence electrons. The Balaban J connectivity index is 2.29. The highest BCUT2D eigenvalue weighted by atomic mass is 16.5. The molecule has 9 nitrogen and oxygen atoms in total. The Kier molecular flexibility index (Phi) is 12.6. The van der Waals surface area contributed by atoms with Crippen LogP contribution in [0.25, 0.3) is 0 Å². The number of hydrogen-bond acceptors (Lipinski definition) is 6. The van der Waals surface area contributed by atoms with Crippen LogP contribution < -0.4 is 10.6 Å². The zero-order valence-corrected chi connectivity index (χ0v) is 28.1. The van der Waals surface area contributed by atoms with Crippen molar-refractivity contribution in [2.45, 2.75) is 125 Å². The van der Waals surface area contributed by atoms with Crippen molar-refractivity contribution in [3.63, 3.8) is 0 Å². The van der Waals surface area contributed by atoms with Gasteiger partial charge in [-0.3, -0.25) is 14.4 Å². The lowest BCUT2D eigenvalue weighted by atomic mass is 9.66. The maximum absolute atomic E-state index is 14.1. The molecule has 1 saturated carbocycles. The van der Waals surface area contributed by atoms with Gasteiger partial charge in [0.25, 0.3) is 0 Å². The Morgan fingerprint density at radius 3 is 2.05 bits per heavy atom. The fraction of sp³-hybridized carbons (Fsp3) is 0.818. The summed E-state index contributed by atoms with van der Waals surface area (Å²) in [5.74, 6) is -0.561. The number of ether oxygens (including phenoxy) is 1. The first-order chi connectivity index (χ1) is 19.5. The van der Waals surface area contributed by atoms with Crippen LogP contribution in [-0.4, -0.2) is 85.4 Å². The quantitative estimate of drug-likeness (QED) is 0.274. The first-order valence-electron chi connectivity index (χ1n) is 15.8. The van der Waals surface area contributed by atoms with Crippen molar-refractivity contribution in [3.05, 3.63) is 11.6 Å². The van der Waals surface area contributed by atoms with Crippen LogP contribution in [0.1, 0.15) is 100 Å². The molecule has 0 spiro atoms. The summed E-state index contributed by atoms with van der Waals surface area (Å²) in [4.78, 5) is 56.8. The fourth-order valence-corrected chi connectivity index (χ4v) is 6.84. The van der Waals surface area contributed by atoms with Gasteiger partial charge in [-0.2, -0.15) is 0 Å². The highest BCUT2D eigenvalue weighted by molar-refractivity contribution is 5.96. The summed E-state index contributed by atoms with van der Waals surface area (Å²) < 4.78 is 4.91. The standard InChI is InChI=1S/C33H58N4O5/c1-21(2)25(20-22(3)29(39)37-19-15-18-24(37)31(41)42-11)36(10)30(40)27(32(4,5)6)35-28(38)26(34-9)33(7,8)23-16-13-12-14-17-23/h20-21,23-27,34H,12-19H2,1-11H3,(H,35,38)/b22-20+/t24-,25-,26-,27-/m1/s1. The number of esters is 1. The normalized spacial score (nSPS) is 21.1. The molecular weight excluding hydrogens is 532 g/mol. The Morgan fingerprint density at radius 1 is 0.952 bits per heavy atom. The van der Waals surface area contributed by atoms with Crippen molar-refractivity contribution in [3.8, 4) is 0 Å². The Bertz CT molecular complexity index is 993. The van der Waals surface area contributed by atoms with E-state index >= 15 is 0 Å². The lowest BCUT2D eigenvalue weighted by Gasteiger charge is -2.43. The number of rotatable bonds is 11. The first kappa shape index (κ1) is 35.8. The number of amides is 3. The van der Waals surface area contributed by atoms with Crippen molar-refractivity contribution in [1.82, 2.24) is 20.4 Å². The molecule has 0 aromatic rings. The van der Waals surface area contributed by atoms with Crippen LogP contribution in [0.2, 0.25) is 0 Å². The van der Waals surface area contributed by atoms with E-state index in [2.05, 4.69) is 24.5 Å². The van der Waals surface area contributed by atoms with Crippen LogP contribution in [0.15, 0.2) is 11.6 Å². The minimum absolute atomic E-state index is 0.00305. The number of carbonyl (C=O) groups is 4. The molecule has 4 atom stereocenters. The van der Waals surface area contributed by atoms with Crippen molar-refractivity contribution < 1.29 is 23.9 Å². The van der Waals surface area contributed by atoms with Gasteiger partial charge in [-0.15, -0.1) is 0 Å². The van der Waals surface area contributed by atoms with Gasteiger partial charge in [-0.1, -0.05) is 73.8 Å². The topological polar surface area (TPSA) is 108 Å². The number of nitrogens with zero attached hydrogens (tertiary/aromatic N) is 2. The Morgan fingerprint density at radius 2 is 1.55 bits per heavy atom. The van der Waals surface area contributed by atoms with E-state index in [0.717, 1.165) is 19.3 Å². The monoisotopic (exact) mass is 590 g/mol. The predicted octanol–water partition coefficient (Wildman–Crippen LogP) is 4.31. The second kappa shape index (κ2) is 14.8. The molecule has 42 heavy (non-hydrogen) atoms. The second-order valence-corrected chi connectivity index (χ2v) is 14.4. The number of carbonyl (C=O) groups excluding carboxylic acids is 4. The molecule has 1 aliphatic carbocycles. The summed E-state index contributed by atoms with van der Waals surface area (Å²) in [6.45, 7) is 16.4. The van der Waals surface area contributed by atoms with Gasteiger partial charge < -0.3 is 25.2 Å². The van der Waals surface area contributed by atoms with Gasteiger partial charge in [-0.25, -0.2) is 4.79 Å². The van der Waals surface area contributed by atoms with Gasteiger partial charge in [0.2, 0.25) is 17.7 Å². The van der Waals surface area contributed by atoms with E-state index in [9.17, 15) is 19.2 Å². The largest absolute Gasteiger partial charge is 0.467 e. The molecule has 3 amide bonds. The molecule has 0 aromatic carbocycles. The lowest BCUT2D eigenvalue weighted by molar-refractivity contribution is -0.149. The van der Waals surface area contributed by atoms with Gasteiger partial charge in [0.15, 0.2) is 0 Å². The third kappa shape index (κ3) is 8.35. The van der Waals surface area contributed by atoms with E-state index in [1.54, 1.807) is 23.8 Å². The third-order valence-electron chi connectivity index (χ3n) is 9.57. The zero-order valence-electron chi connectivity index (χ0n) is 28.1. The summed E-state index contributed by atoms with van der Waals surface area (Å²) in [6.07, 6.45) is 8.99. The van der Waals surface area contributed by atoms with Gasteiger partial charge in [0, 0.05) is 19.2 Å². The minimum Gasteiger partial charge on any atom is -0.467 e. The number of nitrogens with one attached hydrogen (secondary N) is 2. The zero-order chi connectivity index (χ0) is 32.0. The highest BCUT2D eigenvalue weighted by Gasteiger charge is 2.44. The Labute approximate surface area is 254 Å². The predicted molar refractivity (Wildman–Crippen MR) is 166 cm³/mol. The molecule has 0 aromatic heterocycles. The first-order valence-corrected chi connectivity index (χ1v) is 15.8. The van der Waals surface area contributed by atoms with Crippen LogP contribution in [0.3, 0.4) is 0 Å². The van der Waals surface area contributed by atoms with Gasteiger partial charge in [0.05, 0.1) is 19.2 Å². The number of likely N-dealkylation sites (N-methyl/N-ethyl adjacent to an activating group) is 2. The van der Waals surface area contributed by atoms with E-state index in [0.29, 0.717) is 24.5 Å². The van der Waals surface area contributed by atoms with E-state index in [1.807, 2.05) is 47.7 Å². The van der Waals surface area contributed by atoms with Crippen LogP contribution in [0.4, 0.5) is 0 Å². The molecule has 2 fully saturated rings. The molecule has 0 bridgehead atoms. The highest BCUT2D eigenvalue weighted by Crippen LogP contribution is 2.41. The van der Waals surface area contributed by atoms with Crippen LogP contribution in [0.5, 0.6) is 0 Å². The number of methoxy groups -OCH3 is 1. The molecule has 0 radical (unpaired) electrons. The summed E-state index contributed by atoms with van der Waals surface area (Å²) in [7, 11) is 4.89. The van der Waals surface area contributed by atoms with Crippen LogP contribution in [0, 0.1) is 22.7 Å². The van der Waals surface area contributed by atoms with E-state index in [4.69, 9.17) is 4.74 Å². The summed E-state index contributed by atoms with van der Waals surface area (Å²) in [6, 6.07) is -2.17. The smallest absolute Gasteiger partial charge is 0.328 e. The minimum atomic E-state index is -0.763. The molecule has 0 unspecified atom stereocenters. The van der Waals surface area contributed by atoms with E-state index < -0.39 is 29.5 Å². The second-order valence-electron chi connectivity index (χ2n) is 14.4. The average molecular weight is 591 g/mol. The van der Waals surface area contributed by atoms with Crippen molar-refractivity contribution in [2.24, 2.45) is 22.7 Å². The molecule has 2 N–H and O–H groups in total. The summed E-state index contributed by atoms with van der Waals surface area (Å²) >= 11 is 0. The van der Waals surface area contributed by atoms with Crippen LogP contribution >= 0.6 is 0 Å². The third-order valence-corrected chi connectivity index (χ3v) is 9.57. The van der Waals surface area contributed by atoms with Gasteiger partial charge in [-0.05, 0) is 62.3 Å². The van der Waals surface area contributed by atoms with Crippen molar-refractivity contribution >= 4 is 23.7 Å². The fourth-order valence-electron chi connectivity index (χ4n) is 6.84. The Hall–Kier alpha value is -2.42. The summed E-state index contributed by atoms with van der Waals surface area (Å²) in [5, 5.41) is 6.40.